The molecule has 0 aromatic heterocycles. The minimum atomic E-state index is -0.638. The second-order valence-electron chi connectivity index (χ2n) is 6.06. The molecule has 0 aromatic rings. The summed E-state index contributed by atoms with van der Waals surface area (Å²) in [6, 6.07) is 0.827. The molecule has 2 rings (SSSR count). The lowest BCUT2D eigenvalue weighted by Gasteiger charge is -2.37. The molecule has 104 valence electrons. The number of nitrogens with zero attached hydrogens (tertiary/aromatic N) is 1. The van der Waals surface area contributed by atoms with Crippen molar-refractivity contribution in [1.29, 1.82) is 0 Å². The largest absolute Gasteiger partial charge is 0.481 e. The molecule has 2 fully saturated rings. The van der Waals surface area contributed by atoms with Gasteiger partial charge in [0.2, 0.25) is 0 Å². The number of hydrogen-bond acceptors (Lipinski definition) is 2. The number of carboxylic acid groups (broad SMARTS) is 1. The maximum Gasteiger partial charge on any atom is 0.303 e. The molecule has 1 saturated heterocycles. The fraction of sp³-hybridized carbons (Fsp3) is 0.933. The van der Waals surface area contributed by atoms with Crippen molar-refractivity contribution in [3.05, 3.63) is 0 Å². The Morgan fingerprint density at radius 1 is 1.00 bits per heavy atom. The zero-order valence-corrected chi connectivity index (χ0v) is 11.4. The van der Waals surface area contributed by atoms with Crippen LogP contribution < -0.4 is 0 Å². The van der Waals surface area contributed by atoms with E-state index >= 15 is 0 Å². The van der Waals surface area contributed by atoms with Gasteiger partial charge in [-0.3, -0.25) is 4.79 Å². The summed E-state index contributed by atoms with van der Waals surface area (Å²) in [4.78, 5) is 13.3. The molecule has 3 heteroatoms. The van der Waals surface area contributed by atoms with Crippen molar-refractivity contribution in [2.24, 2.45) is 5.92 Å². The van der Waals surface area contributed by atoms with Crippen LogP contribution >= 0.6 is 0 Å². The Kier molecular flexibility index (Phi) is 5.48. The number of carboxylic acids is 1. The molecule has 0 spiro atoms. The first kappa shape index (κ1) is 13.9. The standard InChI is InChI=1S/C15H27NO2/c17-15(18)8-7-13-9-11-16(12-10-13)14-5-3-1-2-4-6-14/h13-14H,1-12H2,(H,17,18). The monoisotopic (exact) mass is 253 g/mol. The summed E-state index contributed by atoms with van der Waals surface area (Å²) in [5, 5.41) is 8.72. The predicted molar refractivity (Wildman–Crippen MR) is 72.7 cm³/mol. The molecule has 18 heavy (non-hydrogen) atoms. The van der Waals surface area contributed by atoms with Gasteiger partial charge in [-0.2, -0.15) is 0 Å². The van der Waals surface area contributed by atoms with Crippen LogP contribution in [0.25, 0.3) is 0 Å². The van der Waals surface area contributed by atoms with Crippen LogP contribution in [0.2, 0.25) is 0 Å². The fourth-order valence-corrected chi connectivity index (χ4v) is 3.56. The summed E-state index contributed by atoms with van der Waals surface area (Å²) in [5.74, 6) is 0.0179. The third-order valence-electron chi connectivity index (χ3n) is 4.76. The van der Waals surface area contributed by atoms with Crippen LogP contribution in [0.4, 0.5) is 0 Å². The van der Waals surface area contributed by atoms with Crippen molar-refractivity contribution >= 4 is 5.97 Å². The van der Waals surface area contributed by atoms with Gasteiger partial charge >= 0.3 is 5.97 Å². The minimum absolute atomic E-state index is 0.355. The molecule has 3 nitrogen and oxygen atoms in total. The topological polar surface area (TPSA) is 40.5 Å². The second kappa shape index (κ2) is 7.13. The van der Waals surface area contributed by atoms with Gasteiger partial charge in [0, 0.05) is 12.5 Å². The summed E-state index contributed by atoms with van der Waals surface area (Å²) in [6.07, 6.45) is 12.1. The highest BCUT2D eigenvalue weighted by Crippen LogP contribution is 2.28. The Balaban J connectivity index is 1.70. The highest BCUT2D eigenvalue weighted by atomic mass is 16.4. The minimum Gasteiger partial charge on any atom is -0.481 e. The molecule has 0 unspecified atom stereocenters. The van der Waals surface area contributed by atoms with Crippen LogP contribution in [-0.4, -0.2) is 35.1 Å². The summed E-state index contributed by atoms with van der Waals surface area (Å²) >= 11 is 0. The average Bonchev–Trinajstić information content (AvgIpc) is 2.66. The molecular weight excluding hydrogens is 226 g/mol. The quantitative estimate of drug-likeness (QED) is 0.782. The molecule has 1 aliphatic carbocycles. The van der Waals surface area contributed by atoms with Crippen LogP contribution in [0.15, 0.2) is 0 Å². The molecule has 1 heterocycles. The van der Waals surface area contributed by atoms with Crippen molar-refractivity contribution < 1.29 is 9.90 Å². The molecule has 1 aliphatic heterocycles. The first-order valence-corrected chi connectivity index (χ1v) is 7.71. The van der Waals surface area contributed by atoms with Gasteiger partial charge in [0.25, 0.3) is 0 Å². The third kappa shape index (κ3) is 4.27. The Morgan fingerprint density at radius 2 is 1.61 bits per heavy atom. The maximum atomic E-state index is 10.6. The molecule has 0 aromatic carbocycles. The van der Waals surface area contributed by atoms with E-state index < -0.39 is 5.97 Å². The van der Waals surface area contributed by atoms with Crippen LogP contribution in [0, 0.1) is 5.92 Å². The molecule has 0 amide bonds. The lowest BCUT2D eigenvalue weighted by molar-refractivity contribution is -0.137. The SMILES string of the molecule is O=C(O)CCC1CCN(C2CCCCCC2)CC1. The Bertz CT molecular complexity index is 251. The van der Waals surface area contributed by atoms with E-state index in [-0.39, 0.29) is 0 Å². The van der Waals surface area contributed by atoms with Crippen molar-refractivity contribution in [3.8, 4) is 0 Å². The van der Waals surface area contributed by atoms with Gasteiger partial charge in [0.05, 0.1) is 0 Å². The van der Waals surface area contributed by atoms with Gasteiger partial charge in [0.15, 0.2) is 0 Å². The molecular formula is C15H27NO2. The molecule has 1 N–H and O–H groups in total. The van der Waals surface area contributed by atoms with E-state index in [1.165, 1.54) is 64.5 Å². The van der Waals surface area contributed by atoms with Crippen molar-refractivity contribution in [2.45, 2.75) is 70.3 Å². The molecule has 0 bridgehead atoms. The van der Waals surface area contributed by atoms with Gasteiger partial charge < -0.3 is 10.0 Å². The van der Waals surface area contributed by atoms with Crippen LogP contribution in [0.3, 0.4) is 0 Å². The predicted octanol–water partition coefficient (Wildman–Crippen LogP) is 3.29. The maximum absolute atomic E-state index is 10.6. The van der Waals surface area contributed by atoms with Crippen molar-refractivity contribution in [2.75, 3.05) is 13.1 Å². The number of carbonyl (C=O) groups is 1. The van der Waals surface area contributed by atoms with Gasteiger partial charge in [-0.25, -0.2) is 0 Å². The van der Waals surface area contributed by atoms with Gasteiger partial charge in [-0.15, -0.1) is 0 Å². The van der Waals surface area contributed by atoms with Crippen molar-refractivity contribution in [1.82, 2.24) is 4.90 Å². The Hall–Kier alpha value is -0.570. The molecule has 0 radical (unpaired) electrons. The molecule has 0 atom stereocenters. The highest BCUT2D eigenvalue weighted by molar-refractivity contribution is 5.66. The summed E-state index contributed by atoms with van der Waals surface area (Å²) < 4.78 is 0. The van der Waals surface area contributed by atoms with E-state index in [0.717, 1.165) is 12.5 Å². The summed E-state index contributed by atoms with van der Waals surface area (Å²) in [6.45, 7) is 2.41. The van der Waals surface area contributed by atoms with Crippen LogP contribution in [-0.2, 0) is 4.79 Å². The van der Waals surface area contributed by atoms with E-state index in [2.05, 4.69) is 4.90 Å². The van der Waals surface area contributed by atoms with Gasteiger partial charge in [0.1, 0.15) is 0 Å². The Labute approximate surface area is 111 Å². The van der Waals surface area contributed by atoms with Crippen LogP contribution in [0.5, 0.6) is 0 Å². The third-order valence-corrected chi connectivity index (χ3v) is 4.76. The highest BCUT2D eigenvalue weighted by Gasteiger charge is 2.25. The van der Waals surface area contributed by atoms with E-state index in [0.29, 0.717) is 12.3 Å². The average molecular weight is 253 g/mol. The smallest absolute Gasteiger partial charge is 0.303 e. The van der Waals surface area contributed by atoms with Crippen molar-refractivity contribution in [3.63, 3.8) is 0 Å². The Morgan fingerprint density at radius 3 is 2.17 bits per heavy atom. The number of piperidine rings is 1. The fourth-order valence-electron chi connectivity index (χ4n) is 3.56. The first-order valence-electron chi connectivity index (χ1n) is 7.71. The number of likely N-dealkylation sites (tertiary alicyclic amines) is 1. The normalized spacial score (nSPS) is 24.9. The number of hydrogen-bond donors (Lipinski definition) is 1. The zero-order valence-electron chi connectivity index (χ0n) is 11.4. The van der Waals surface area contributed by atoms with E-state index in [1.54, 1.807) is 0 Å². The van der Waals surface area contributed by atoms with Crippen LogP contribution in [0.1, 0.15) is 64.2 Å². The zero-order chi connectivity index (χ0) is 12.8. The first-order chi connectivity index (χ1) is 8.75. The summed E-state index contributed by atoms with van der Waals surface area (Å²) in [7, 11) is 0. The molecule has 2 aliphatic rings. The van der Waals surface area contributed by atoms with Gasteiger partial charge in [-0.05, 0) is 51.1 Å². The van der Waals surface area contributed by atoms with Gasteiger partial charge in [-0.1, -0.05) is 25.7 Å². The number of rotatable bonds is 4. The van der Waals surface area contributed by atoms with E-state index in [9.17, 15) is 4.79 Å². The summed E-state index contributed by atoms with van der Waals surface area (Å²) in [5.41, 5.74) is 0. The lowest BCUT2D eigenvalue weighted by Crippen LogP contribution is -2.41. The second-order valence-corrected chi connectivity index (χ2v) is 6.06. The lowest BCUT2D eigenvalue weighted by atomic mass is 9.90. The van der Waals surface area contributed by atoms with E-state index in [1.807, 2.05) is 0 Å². The molecule has 1 saturated carbocycles. The van der Waals surface area contributed by atoms with E-state index in [4.69, 9.17) is 5.11 Å². The number of aliphatic carboxylic acids is 1.